The van der Waals surface area contributed by atoms with Crippen LogP contribution < -0.4 is 11.1 Å². The zero-order valence-corrected chi connectivity index (χ0v) is 23.7. The maximum atomic E-state index is 13.7. The quantitative estimate of drug-likeness (QED) is 0.332. The molecule has 0 bridgehead atoms. The number of nitrogens with one attached hydrogen (secondary N) is 1. The van der Waals surface area contributed by atoms with Crippen molar-refractivity contribution in [3.63, 3.8) is 0 Å². The van der Waals surface area contributed by atoms with Crippen molar-refractivity contribution < 1.29 is 28.7 Å². The second-order valence-electron chi connectivity index (χ2n) is 11.6. The Morgan fingerprint density at radius 1 is 0.829 bits per heavy atom. The van der Waals surface area contributed by atoms with Gasteiger partial charge in [0.2, 0.25) is 11.8 Å². The van der Waals surface area contributed by atoms with Gasteiger partial charge in [0.1, 0.15) is 13.2 Å². The van der Waals surface area contributed by atoms with E-state index in [-0.39, 0.29) is 49.9 Å². The molecule has 0 aromatic heterocycles. The molecule has 1 unspecified atom stereocenters. The first-order valence-corrected chi connectivity index (χ1v) is 14.8. The highest BCUT2D eigenvalue weighted by Crippen LogP contribution is 2.45. The van der Waals surface area contributed by atoms with Crippen molar-refractivity contribution >= 4 is 23.8 Å². The SMILES string of the molecule is NC(=O)CCC(CC1(C(=O)NC2CCC(C(=O)OCc3ccccc3)CC2)CCCC1)C(=O)OCc1ccccc1. The minimum Gasteiger partial charge on any atom is -0.461 e. The topological polar surface area (TPSA) is 125 Å². The predicted octanol–water partition coefficient (Wildman–Crippen LogP) is 4.98. The van der Waals surface area contributed by atoms with E-state index in [1.165, 1.54) is 0 Å². The lowest BCUT2D eigenvalue weighted by molar-refractivity contribution is -0.152. The number of esters is 2. The number of ether oxygens (including phenoxy) is 2. The van der Waals surface area contributed by atoms with Crippen LogP contribution in [0, 0.1) is 17.3 Å². The predicted molar refractivity (Wildman–Crippen MR) is 154 cm³/mol. The van der Waals surface area contributed by atoms with Gasteiger partial charge in [-0.3, -0.25) is 19.2 Å². The third kappa shape index (κ3) is 8.90. The van der Waals surface area contributed by atoms with Crippen LogP contribution in [0.15, 0.2) is 60.7 Å². The molecule has 2 saturated carbocycles. The average molecular weight is 563 g/mol. The van der Waals surface area contributed by atoms with Gasteiger partial charge in [-0.05, 0) is 62.5 Å². The number of carbonyl (C=O) groups excluding carboxylic acids is 4. The number of primary amides is 1. The summed E-state index contributed by atoms with van der Waals surface area (Å²) in [6, 6.07) is 19.0. The molecule has 3 N–H and O–H groups in total. The summed E-state index contributed by atoms with van der Waals surface area (Å²) in [6.45, 7) is 0.409. The van der Waals surface area contributed by atoms with Gasteiger partial charge in [-0.15, -0.1) is 0 Å². The van der Waals surface area contributed by atoms with Gasteiger partial charge in [-0.1, -0.05) is 73.5 Å². The molecule has 2 amide bonds. The van der Waals surface area contributed by atoms with Crippen LogP contribution in [0.25, 0.3) is 0 Å². The van der Waals surface area contributed by atoms with Crippen LogP contribution in [-0.4, -0.2) is 29.8 Å². The van der Waals surface area contributed by atoms with E-state index in [2.05, 4.69) is 5.32 Å². The number of hydrogen-bond donors (Lipinski definition) is 2. The van der Waals surface area contributed by atoms with Crippen molar-refractivity contribution in [1.82, 2.24) is 5.32 Å². The zero-order chi connectivity index (χ0) is 29.1. The average Bonchev–Trinajstić information content (AvgIpc) is 3.48. The molecule has 0 aliphatic heterocycles. The van der Waals surface area contributed by atoms with Crippen LogP contribution in [0.4, 0.5) is 0 Å². The molecule has 0 radical (unpaired) electrons. The highest BCUT2D eigenvalue weighted by molar-refractivity contribution is 5.84. The molecule has 0 spiro atoms. The molecule has 2 aromatic carbocycles. The van der Waals surface area contributed by atoms with Gasteiger partial charge in [-0.2, -0.15) is 0 Å². The molecule has 8 heteroatoms. The molecule has 2 aliphatic rings. The second kappa shape index (κ2) is 14.8. The fraction of sp³-hybridized carbons (Fsp3) is 0.515. The molecule has 4 rings (SSSR count). The van der Waals surface area contributed by atoms with Crippen molar-refractivity contribution in [2.75, 3.05) is 0 Å². The molecule has 0 heterocycles. The zero-order valence-electron chi connectivity index (χ0n) is 23.7. The Kier molecular flexibility index (Phi) is 10.9. The molecular formula is C33H42N2O6. The van der Waals surface area contributed by atoms with Crippen molar-refractivity contribution in [1.29, 1.82) is 0 Å². The molecule has 220 valence electrons. The van der Waals surface area contributed by atoms with E-state index in [0.717, 1.165) is 24.0 Å². The number of nitrogens with two attached hydrogens (primary N) is 1. The summed E-state index contributed by atoms with van der Waals surface area (Å²) in [6.07, 6.45) is 6.61. The summed E-state index contributed by atoms with van der Waals surface area (Å²) >= 11 is 0. The van der Waals surface area contributed by atoms with Crippen molar-refractivity contribution in [2.24, 2.45) is 23.0 Å². The Labute approximate surface area is 242 Å². The number of carbonyl (C=O) groups is 4. The van der Waals surface area contributed by atoms with Crippen LogP contribution >= 0.6 is 0 Å². The van der Waals surface area contributed by atoms with E-state index in [0.29, 0.717) is 44.9 Å². The number of hydrogen-bond acceptors (Lipinski definition) is 6. The molecule has 1 atom stereocenters. The molecular weight excluding hydrogens is 520 g/mol. The summed E-state index contributed by atoms with van der Waals surface area (Å²) in [5, 5.41) is 3.25. The number of benzene rings is 2. The van der Waals surface area contributed by atoms with Gasteiger partial charge >= 0.3 is 11.9 Å². The molecule has 0 saturated heterocycles. The highest BCUT2D eigenvalue weighted by atomic mass is 16.5. The van der Waals surface area contributed by atoms with Crippen LogP contribution in [-0.2, 0) is 41.9 Å². The first-order valence-electron chi connectivity index (χ1n) is 14.8. The standard InChI is InChI=1S/C33H42N2O6/c34-29(36)18-15-27(31(38)41-23-25-11-5-2-6-12-25)21-33(19-7-8-20-33)32(39)35-28-16-13-26(14-17-28)30(37)40-22-24-9-3-1-4-10-24/h1-6,9-12,26-28H,7-8,13-23H2,(H2,34,36)(H,35,39). The Balaban J connectivity index is 1.31. The van der Waals surface area contributed by atoms with Gasteiger partial charge in [0.15, 0.2) is 0 Å². The third-order valence-electron chi connectivity index (χ3n) is 8.60. The molecule has 41 heavy (non-hydrogen) atoms. The molecule has 2 aromatic rings. The fourth-order valence-corrected chi connectivity index (χ4v) is 6.17. The van der Waals surface area contributed by atoms with Crippen LogP contribution in [0.3, 0.4) is 0 Å². The molecule has 2 fully saturated rings. The van der Waals surface area contributed by atoms with Gasteiger partial charge in [0.05, 0.1) is 17.3 Å². The van der Waals surface area contributed by atoms with Gasteiger partial charge in [0.25, 0.3) is 0 Å². The summed E-state index contributed by atoms with van der Waals surface area (Å²) in [5.41, 5.74) is 6.56. The van der Waals surface area contributed by atoms with E-state index in [9.17, 15) is 19.2 Å². The van der Waals surface area contributed by atoms with Crippen LogP contribution in [0.2, 0.25) is 0 Å². The van der Waals surface area contributed by atoms with Gasteiger partial charge in [0, 0.05) is 12.5 Å². The Morgan fingerprint density at radius 2 is 1.39 bits per heavy atom. The summed E-state index contributed by atoms with van der Waals surface area (Å²) < 4.78 is 11.2. The smallest absolute Gasteiger partial charge is 0.309 e. The number of amides is 2. The van der Waals surface area contributed by atoms with Crippen molar-refractivity contribution in [3.05, 3.63) is 71.8 Å². The Morgan fingerprint density at radius 3 is 1.95 bits per heavy atom. The summed E-state index contributed by atoms with van der Waals surface area (Å²) in [4.78, 5) is 51.1. The van der Waals surface area contributed by atoms with Crippen molar-refractivity contribution in [2.45, 2.75) is 89.9 Å². The van der Waals surface area contributed by atoms with Crippen LogP contribution in [0.5, 0.6) is 0 Å². The maximum Gasteiger partial charge on any atom is 0.309 e. The van der Waals surface area contributed by atoms with E-state index in [1.807, 2.05) is 60.7 Å². The molecule has 2 aliphatic carbocycles. The second-order valence-corrected chi connectivity index (χ2v) is 11.6. The van der Waals surface area contributed by atoms with Gasteiger partial charge in [-0.25, -0.2) is 0 Å². The van der Waals surface area contributed by atoms with Gasteiger partial charge < -0.3 is 20.5 Å². The van der Waals surface area contributed by atoms with E-state index in [1.54, 1.807) is 0 Å². The normalized spacial score (nSPS) is 20.5. The van der Waals surface area contributed by atoms with Crippen LogP contribution in [0.1, 0.15) is 81.8 Å². The highest BCUT2D eigenvalue weighted by Gasteiger charge is 2.45. The first-order chi connectivity index (χ1) is 19.8. The monoisotopic (exact) mass is 562 g/mol. The largest absolute Gasteiger partial charge is 0.461 e. The summed E-state index contributed by atoms with van der Waals surface area (Å²) in [7, 11) is 0. The van der Waals surface area contributed by atoms with E-state index < -0.39 is 23.2 Å². The van der Waals surface area contributed by atoms with Crippen molar-refractivity contribution in [3.8, 4) is 0 Å². The third-order valence-corrected chi connectivity index (χ3v) is 8.60. The van der Waals surface area contributed by atoms with E-state index >= 15 is 0 Å². The number of rotatable bonds is 13. The summed E-state index contributed by atoms with van der Waals surface area (Å²) in [5.74, 6) is -1.85. The lowest BCUT2D eigenvalue weighted by atomic mass is 9.75. The maximum absolute atomic E-state index is 13.7. The van der Waals surface area contributed by atoms with E-state index in [4.69, 9.17) is 15.2 Å². The fourth-order valence-electron chi connectivity index (χ4n) is 6.17. The minimum absolute atomic E-state index is 0.0211. The lowest BCUT2D eigenvalue weighted by Gasteiger charge is -2.35. The first kappa shape index (κ1) is 30.3. The lowest BCUT2D eigenvalue weighted by Crippen LogP contribution is -2.47. The minimum atomic E-state index is -0.681. The Bertz CT molecular complexity index is 1150. The Hall–Kier alpha value is -3.68. The molecule has 8 nitrogen and oxygen atoms in total.